The number of benzene rings is 1. The molecule has 3 heterocycles. The molecule has 2 saturated heterocycles. The molecule has 0 amide bonds. The van der Waals surface area contributed by atoms with Gasteiger partial charge in [-0.05, 0) is 24.3 Å². The van der Waals surface area contributed by atoms with E-state index >= 15 is 0 Å². The van der Waals surface area contributed by atoms with Crippen LogP contribution in [-0.4, -0.2) is 10.9 Å². The van der Waals surface area contributed by atoms with E-state index in [1.807, 2.05) is 12.1 Å². The lowest BCUT2D eigenvalue weighted by molar-refractivity contribution is -0.289. The van der Waals surface area contributed by atoms with E-state index in [1.165, 1.54) is 6.20 Å². The number of rotatable bonds is 2. The van der Waals surface area contributed by atoms with Gasteiger partial charge >= 0.3 is 0 Å². The van der Waals surface area contributed by atoms with E-state index in [9.17, 15) is 15.8 Å². The Labute approximate surface area is 172 Å². The molecule has 8 heteroatoms. The van der Waals surface area contributed by atoms with Crippen molar-refractivity contribution in [2.24, 2.45) is 16.7 Å². The van der Waals surface area contributed by atoms with E-state index in [1.54, 1.807) is 49.4 Å². The number of nitrogens with zero attached hydrogens (tertiary/aromatic N) is 4. The standard InChI is InChI=1S/C21H14ClN5O2/c1-13-20(12-25)18(26)29-21(13,14-5-7-15(22)8-6-14)28-17(19(20,10-23)11-24)16-4-2-3-9-27-16/h2-9,13,17,26H,1H3. The minimum Gasteiger partial charge on any atom is -0.443 e. The molecule has 2 aliphatic rings. The number of nitrogens with one attached hydrogen (secondary N) is 1. The fraction of sp³-hybridized carbons (Fsp3) is 0.286. The summed E-state index contributed by atoms with van der Waals surface area (Å²) in [5, 5.41) is 39.4. The minimum atomic E-state index is -2.03. The van der Waals surface area contributed by atoms with Crippen molar-refractivity contribution in [3.05, 3.63) is 64.9 Å². The lowest BCUT2D eigenvalue weighted by atomic mass is 9.54. The molecule has 142 valence electrons. The number of ether oxygens (including phenoxy) is 2. The van der Waals surface area contributed by atoms with Gasteiger partial charge in [-0.25, -0.2) is 0 Å². The van der Waals surface area contributed by atoms with Gasteiger partial charge < -0.3 is 9.47 Å². The predicted octanol–water partition coefficient (Wildman–Crippen LogP) is 3.85. The number of hydrogen-bond acceptors (Lipinski definition) is 7. The molecular weight excluding hydrogens is 390 g/mol. The van der Waals surface area contributed by atoms with E-state index in [4.69, 9.17) is 26.5 Å². The average molecular weight is 404 g/mol. The van der Waals surface area contributed by atoms with Crippen LogP contribution in [0.4, 0.5) is 0 Å². The van der Waals surface area contributed by atoms with Crippen molar-refractivity contribution in [3.8, 4) is 18.2 Å². The van der Waals surface area contributed by atoms with Gasteiger partial charge in [-0.1, -0.05) is 36.7 Å². The summed E-state index contributed by atoms with van der Waals surface area (Å²) in [7, 11) is 0. The van der Waals surface area contributed by atoms with Gasteiger partial charge in [-0.3, -0.25) is 10.4 Å². The van der Waals surface area contributed by atoms with Crippen LogP contribution in [0.15, 0.2) is 48.7 Å². The Balaban J connectivity index is 2.04. The quantitative estimate of drug-likeness (QED) is 0.811. The number of hydrogen-bond donors (Lipinski definition) is 1. The molecule has 4 rings (SSSR count). The predicted molar refractivity (Wildman–Crippen MR) is 101 cm³/mol. The Morgan fingerprint density at radius 2 is 1.76 bits per heavy atom. The first-order valence-corrected chi connectivity index (χ1v) is 9.16. The second-order valence-electron chi connectivity index (χ2n) is 7.03. The highest BCUT2D eigenvalue weighted by Crippen LogP contribution is 2.68. The molecule has 2 bridgehead atoms. The topological polar surface area (TPSA) is 127 Å². The molecule has 0 aliphatic carbocycles. The summed E-state index contributed by atoms with van der Waals surface area (Å²) in [5.41, 5.74) is -3.05. The lowest BCUT2D eigenvalue weighted by Crippen LogP contribution is -2.57. The smallest absolute Gasteiger partial charge is 0.244 e. The molecule has 2 fully saturated rings. The first-order valence-electron chi connectivity index (χ1n) is 8.78. The molecular formula is C21H14ClN5O2. The Morgan fingerprint density at radius 3 is 2.31 bits per heavy atom. The summed E-state index contributed by atoms with van der Waals surface area (Å²) in [5.74, 6) is -2.84. The van der Waals surface area contributed by atoms with Gasteiger partial charge in [0.25, 0.3) is 0 Å². The van der Waals surface area contributed by atoms with Crippen LogP contribution in [0.25, 0.3) is 0 Å². The van der Waals surface area contributed by atoms with Crippen molar-refractivity contribution in [1.82, 2.24) is 4.98 Å². The van der Waals surface area contributed by atoms with Gasteiger partial charge in [0.2, 0.25) is 17.1 Å². The van der Waals surface area contributed by atoms with E-state index < -0.39 is 34.5 Å². The lowest BCUT2D eigenvalue weighted by Gasteiger charge is -2.48. The van der Waals surface area contributed by atoms with Crippen LogP contribution in [0, 0.1) is 56.2 Å². The summed E-state index contributed by atoms with van der Waals surface area (Å²) < 4.78 is 12.2. The summed E-state index contributed by atoms with van der Waals surface area (Å²) in [6.07, 6.45) is 0.297. The summed E-state index contributed by atoms with van der Waals surface area (Å²) in [4.78, 5) is 4.26. The molecule has 2 aromatic rings. The molecule has 0 saturated carbocycles. The molecule has 4 atom stereocenters. The van der Waals surface area contributed by atoms with Gasteiger partial charge in [0.15, 0.2) is 5.41 Å². The second-order valence-corrected chi connectivity index (χ2v) is 7.47. The van der Waals surface area contributed by atoms with Gasteiger partial charge in [-0.15, -0.1) is 0 Å². The van der Waals surface area contributed by atoms with Gasteiger partial charge in [-0.2, -0.15) is 15.8 Å². The zero-order chi connectivity index (χ0) is 20.9. The Morgan fingerprint density at radius 1 is 1.07 bits per heavy atom. The zero-order valence-corrected chi connectivity index (χ0v) is 16.0. The number of pyridine rings is 1. The van der Waals surface area contributed by atoms with E-state index in [-0.39, 0.29) is 0 Å². The molecule has 7 nitrogen and oxygen atoms in total. The molecule has 4 unspecified atom stereocenters. The van der Waals surface area contributed by atoms with Crippen LogP contribution < -0.4 is 0 Å². The maximum absolute atomic E-state index is 10.2. The molecule has 1 aromatic carbocycles. The van der Waals surface area contributed by atoms with Gasteiger partial charge in [0.1, 0.15) is 6.10 Å². The molecule has 0 radical (unpaired) electrons. The maximum Gasteiger partial charge on any atom is 0.244 e. The van der Waals surface area contributed by atoms with Crippen molar-refractivity contribution in [3.63, 3.8) is 0 Å². The minimum absolute atomic E-state index is 0.304. The molecule has 2 aliphatic heterocycles. The third-order valence-corrected chi connectivity index (χ3v) is 6.12. The molecule has 1 N–H and O–H groups in total. The number of fused-ring (bicyclic) bond motifs is 2. The van der Waals surface area contributed by atoms with Crippen molar-refractivity contribution < 1.29 is 9.47 Å². The van der Waals surface area contributed by atoms with Crippen molar-refractivity contribution in [2.75, 3.05) is 0 Å². The van der Waals surface area contributed by atoms with Crippen LogP contribution >= 0.6 is 11.6 Å². The SMILES string of the molecule is CC1C2(c3ccc(Cl)cc3)OC(=N)C1(C#N)C(C#N)(C#N)C(c1ccccn1)O2. The van der Waals surface area contributed by atoms with Gasteiger partial charge in [0, 0.05) is 16.8 Å². The number of halogens is 1. The highest BCUT2D eigenvalue weighted by Gasteiger charge is 2.80. The van der Waals surface area contributed by atoms with Crippen molar-refractivity contribution in [1.29, 1.82) is 21.2 Å². The second kappa shape index (κ2) is 6.29. The van der Waals surface area contributed by atoms with E-state index in [0.717, 1.165) is 0 Å². The summed E-state index contributed by atoms with van der Waals surface area (Å²) in [6, 6.07) is 17.7. The number of aromatic nitrogens is 1. The van der Waals surface area contributed by atoms with Crippen molar-refractivity contribution in [2.45, 2.75) is 18.8 Å². The fourth-order valence-electron chi connectivity index (χ4n) is 4.35. The van der Waals surface area contributed by atoms with Crippen LogP contribution in [-0.2, 0) is 15.3 Å². The van der Waals surface area contributed by atoms with E-state index in [0.29, 0.717) is 16.3 Å². The maximum atomic E-state index is 10.2. The third kappa shape index (κ3) is 2.13. The van der Waals surface area contributed by atoms with Crippen LogP contribution in [0.3, 0.4) is 0 Å². The fourth-order valence-corrected chi connectivity index (χ4v) is 4.47. The highest BCUT2D eigenvalue weighted by molar-refractivity contribution is 6.30. The van der Waals surface area contributed by atoms with Crippen molar-refractivity contribution >= 4 is 17.5 Å². The first kappa shape index (κ1) is 18.9. The van der Waals surface area contributed by atoms with Crippen LogP contribution in [0.1, 0.15) is 24.3 Å². The largest absolute Gasteiger partial charge is 0.443 e. The monoisotopic (exact) mass is 403 g/mol. The zero-order valence-electron chi connectivity index (χ0n) is 15.3. The summed E-state index contributed by atoms with van der Waals surface area (Å²) >= 11 is 6.01. The highest BCUT2D eigenvalue weighted by atomic mass is 35.5. The van der Waals surface area contributed by atoms with Crippen LogP contribution in [0.2, 0.25) is 5.02 Å². The Bertz CT molecular complexity index is 1100. The first-order chi connectivity index (χ1) is 13.9. The normalized spacial score (nSPS) is 31.8. The molecule has 1 aromatic heterocycles. The number of nitriles is 3. The van der Waals surface area contributed by atoms with Crippen LogP contribution in [0.5, 0.6) is 0 Å². The molecule has 0 spiro atoms. The van der Waals surface area contributed by atoms with E-state index in [2.05, 4.69) is 11.1 Å². The Kier molecular flexibility index (Phi) is 4.10. The molecule has 29 heavy (non-hydrogen) atoms. The third-order valence-electron chi connectivity index (χ3n) is 5.87. The van der Waals surface area contributed by atoms with Gasteiger partial charge in [0.05, 0.1) is 29.8 Å². The summed E-state index contributed by atoms with van der Waals surface area (Å²) in [6.45, 7) is 1.65. The Hall–Kier alpha value is -3.44. The average Bonchev–Trinajstić information content (AvgIpc) is 2.91.